The molecule has 0 N–H and O–H groups in total. The molecule has 0 saturated heterocycles. The van der Waals surface area contributed by atoms with Crippen molar-refractivity contribution in [3.63, 3.8) is 0 Å². The minimum absolute atomic E-state index is 0.498. The first-order valence-corrected chi connectivity index (χ1v) is 21.2. The average Bonchev–Trinajstić information content (AvgIpc) is 3.81. The molecular weight excluding hydrogens is 713 g/mol. The number of benzene rings is 7. The summed E-state index contributed by atoms with van der Waals surface area (Å²) in [6, 6.07) is 71.0. The third-order valence-corrected chi connectivity index (χ3v) is 16.0. The van der Waals surface area contributed by atoms with Gasteiger partial charge in [0.25, 0.3) is 0 Å². The molecule has 57 heavy (non-hydrogen) atoms. The highest BCUT2D eigenvalue weighted by molar-refractivity contribution is 7.19. The maximum atomic E-state index is 5.34. The van der Waals surface area contributed by atoms with Crippen molar-refractivity contribution in [2.24, 2.45) is 0 Å². The maximum absolute atomic E-state index is 5.34. The quantitative estimate of drug-likeness (QED) is 0.121. The fourth-order valence-corrected chi connectivity index (χ4v) is 13.6. The molecule has 0 saturated carbocycles. The van der Waals surface area contributed by atoms with Gasteiger partial charge in [-0.3, -0.25) is 14.1 Å². The van der Waals surface area contributed by atoms with Crippen molar-refractivity contribution in [1.82, 2.24) is 29.1 Å². The highest BCUT2D eigenvalue weighted by atomic mass is 28.3. The van der Waals surface area contributed by atoms with Crippen LogP contribution >= 0.6 is 0 Å². The molecule has 0 aliphatic rings. The normalized spacial score (nSPS) is 11.9. The highest BCUT2D eigenvalue weighted by Crippen LogP contribution is 2.34. The first-order valence-electron chi connectivity index (χ1n) is 19.2. The van der Waals surface area contributed by atoms with Crippen LogP contribution in [0.3, 0.4) is 0 Å². The van der Waals surface area contributed by atoms with E-state index in [1.165, 1.54) is 20.7 Å². The van der Waals surface area contributed by atoms with Gasteiger partial charge in [-0.25, -0.2) is 0 Å². The number of fused-ring (bicyclic) bond motifs is 6. The molecule has 0 aliphatic carbocycles. The Labute approximate surface area is 330 Å². The van der Waals surface area contributed by atoms with Gasteiger partial charge in [-0.1, -0.05) is 164 Å². The van der Waals surface area contributed by atoms with E-state index in [1.54, 1.807) is 0 Å². The van der Waals surface area contributed by atoms with Crippen LogP contribution < -0.4 is 20.7 Å². The third kappa shape index (κ3) is 5.17. The Morgan fingerprint density at radius 2 is 0.684 bits per heavy atom. The Morgan fingerprint density at radius 3 is 1.07 bits per heavy atom. The van der Waals surface area contributed by atoms with E-state index in [9.17, 15) is 0 Å². The average molecular weight is 747 g/mol. The molecule has 0 amide bonds. The molecule has 4 aromatic heterocycles. The fraction of sp³-hybridized carbons (Fsp3) is 0. The van der Waals surface area contributed by atoms with Crippen molar-refractivity contribution >= 4 is 72.4 Å². The molecule has 268 valence electrons. The van der Waals surface area contributed by atoms with Crippen LogP contribution in [0.15, 0.2) is 206 Å². The van der Waals surface area contributed by atoms with E-state index in [2.05, 4.69) is 209 Å². The minimum Gasteiger partial charge on any atom is -0.278 e. The number of aromatic nitrogens is 6. The van der Waals surface area contributed by atoms with Crippen molar-refractivity contribution in [3.05, 3.63) is 206 Å². The standard InChI is InChI=1S/C50H34N6Si/c1-4-18-35(19-5-1)57(36-20-6-2-7-21-36,37-22-8-3-9-23-37)38-32-33-51-43(34-38)48-52-49(55-44-28-14-10-24-39(44)40-25-11-15-29-45(40)55)54-50(53-48)56-46-30-16-12-26-41(46)42-27-13-17-31-47(42)56/h1-34H. The Bertz CT molecular complexity index is 2910. The summed E-state index contributed by atoms with van der Waals surface area (Å²) in [7, 11) is -2.86. The second-order valence-corrected chi connectivity index (χ2v) is 18.1. The Balaban J connectivity index is 1.22. The summed E-state index contributed by atoms with van der Waals surface area (Å²) >= 11 is 0. The molecule has 0 atom stereocenters. The van der Waals surface area contributed by atoms with Crippen molar-refractivity contribution in [2.45, 2.75) is 0 Å². The zero-order valence-corrected chi connectivity index (χ0v) is 31.8. The van der Waals surface area contributed by atoms with Crippen LogP contribution in [0, 0.1) is 0 Å². The lowest BCUT2D eigenvalue weighted by atomic mass is 10.2. The van der Waals surface area contributed by atoms with Gasteiger partial charge in [0.2, 0.25) is 11.9 Å². The highest BCUT2D eigenvalue weighted by Gasteiger charge is 2.41. The van der Waals surface area contributed by atoms with Crippen LogP contribution in [-0.4, -0.2) is 37.1 Å². The zero-order chi connectivity index (χ0) is 37.8. The van der Waals surface area contributed by atoms with E-state index in [1.807, 2.05) is 6.20 Å². The largest absolute Gasteiger partial charge is 0.278 e. The lowest BCUT2D eigenvalue weighted by molar-refractivity contribution is 0.889. The number of hydrogen-bond donors (Lipinski definition) is 0. The van der Waals surface area contributed by atoms with Gasteiger partial charge < -0.3 is 0 Å². The van der Waals surface area contributed by atoms with Gasteiger partial charge >= 0.3 is 0 Å². The van der Waals surface area contributed by atoms with E-state index in [0.29, 0.717) is 23.4 Å². The summed E-state index contributed by atoms with van der Waals surface area (Å²) in [5, 5.41) is 9.59. The van der Waals surface area contributed by atoms with E-state index in [4.69, 9.17) is 19.9 Å². The first-order chi connectivity index (χ1) is 28.3. The van der Waals surface area contributed by atoms with Gasteiger partial charge in [0, 0.05) is 27.7 Å². The van der Waals surface area contributed by atoms with Gasteiger partial charge in [0.05, 0.1) is 22.1 Å². The topological polar surface area (TPSA) is 61.4 Å². The third-order valence-electron chi connectivity index (χ3n) is 11.2. The lowest BCUT2D eigenvalue weighted by Gasteiger charge is -2.34. The van der Waals surface area contributed by atoms with Crippen molar-refractivity contribution < 1.29 is 0 Å². The van der Waals surface area contributed by atoms with Crippen LogP contribution in [0.25, 0.3) is 67.0 Å². The summed E-state index contributed by atoms with van der Waals surface area (Å²) in [6.07, 6.45) is 1.92. The maximum Gasteiger partial charge on any atom is 0.240 e. The van der Waals surface area contributed by atoms with E-state index in [0.717, 1.165) is 43.6 Å². The molecule has 0 spiro atoms. The number of para-hydroxylation sites is 4. The summed E-state index contributed by atoms with van der Waals surface area (Å²) < 4.78 is 4.32. The van der Waals surface area contributed by atoms with Crippen molar-refractivity contribution in [2.75, 3.05) is 0 Å². The molecule has 0 radical (unpaired) electrons. The predicted octanol–water partition coefficient (Wildman–Crippen LogP) is 8.51. The van der Waals surface area contributed by atoms with Crippen LogP contribution in [0.1, 0.15) is 0 Å². The van der Waals surface area contributed by atoms with Gasteiger partial charge in [-0.2, -0.15) is 15.0 Å². The van der Waals surface area contributed by atoms with Gasteiger partial charge in [0.15, 0.2) is 13.9 Å². The fourth-order valence-electron chi connectivity index (χ4n) is 8.79. The first kappa shape index (κ1) is 32.9. The van der Waals surface area contributed by atoms with Gasteiger partial charge in [0.1, 0.15) is 5.69 Å². The van der Waals surface area contributed by atoms with Crippen molar-refractivity contribution in [3.8, 4) is 23.4 Å². The number of rotatable bonds is 7. The molecule has 11 rings (SSSR count). The van der Waals surface area contributed by atoms with Crippen LogP contribution in [0.2, 0.25) is 0 Å². The predicted molar refractivity (Wildman–Crippen MR) is 235 cm³/mol. The minimum atomic E-state index is -2.86. The monoisotopic (exact) mass is 746 g/mol. The molecular formula is C50H34N6Si. The van der Waals surface area contributed by atoms with Gasteiger partial charge in [-0.15, -0.1) is 0 Å². The smallest absolute Gasteiger partial charge is 0.240 e. The van der Waals surface area contributed by atoms with Crippen LogP contribution in [0.5, 0.6) is 0 Å². The molecule has 0 fully saturated rings. The number of nitrogens with zero attached hydrogens (tertiary/aromatic N) is 6. The van der Waals surface area contributed by atoms with E-state index in [-0.39, 0.29) is 0 Å². The Kier molecular flexibility index (Phi) is 7.72. The van der Waals surface area contributed by atoms with Crippen molar-refractivity contribution in [1.29, 1.82) is 0 Å². The summed E-state index contributed by atoms with van der Waals surface area (Å²) in [6.45, 7) is 0. The number of hydrogen-bond acceptors (Lipinski definition) is 4. The molecule has 0 aliphatic heterocycles. The Morgan fingerprint density at radius 1 is 0.333 bits per heavy atom. The summed E-state index contributed by atoms with van der Waals surface area (Å²) in [5.41, 5.74) is 4.77. The van der Waals surface area contributed by atoms with Crippen LogP contribution in [-0.2, 0) is 0 Å². The molecule has 11 aromatic rings. The van der Waals surface area contributed by atoms with Crippen LogP contribution in [0.4, 0.5) is 0 Å². The van der Waals surface area contributed by atoms with E-state index >= 15 is 0 Å². The molecule has 0 bridgehead atoms. The molecule has 4 heterocycles. The van der Waals surface area contributed by atoms with Gasteiger partial charge in [-0.05, 0) is 57.1 Å². The molecule has 7 aromatic carbocycles. The molecule has 6 nitrogen and oxygen atoms in total. The zero-order valence-electron chi connectivity index (χ0n) is 30.8. The SMILES string of the molecule is c1ccc([Si](c2ccccc2)(c2ccccc2)c2ccnc(-c3nc(-n4c5ccccc5c5ccccc54)nc(-n4c5ccccc5c5ccccc54)n3)c2)cc1. The molecule has 0 unspecified atom stereocenters. The molecule has 7 heteroatoms. The summed E-state index contributed by atoms with van der Waals surface area (Å²) in [4.78, 5) is 21.1. The Hall–Kier alpha value is -7.48. The second-order valence-electron chi connectivity index (χ2n) is 14.3. The lowest BCUT2D eigenvalue weighted by Crippen LogP contribution is -2.74. The summed E-state index contributed by atoms with van der Waals surface area (Å²) in [5.74, 6) is 1.55. The van der Waals surface area contributed by atoms with E-state index < -0.39 is 8.07 Å². The second kappa shape index (κ2) is 13.4. The number of pyridine rings is 1.